The zero-order chi connectivity index (χ0) is 16.2. The van der Waals surface area contributed by atoms with Crippen molar-refractivity contribution >= 4 is 33.6 Å². The first-order chi connectivity index (χ1) is 9.69. The van der Waals surface area contributed by atoms with Crippen molar-refractivity contribution in [2.45, 2.75) is 46.1 Å². The van der Waals surface area contributed by atoms with E-state index in [2.05, 4.69) is 26.6 Å². The average molecular weight is 357 g/mol. The number of hydrogen-bond donors (Lipinski definition) is 3. The van der Waals surface area contributed by atoms with Gasteiger partial charge >= 0.3 is 12.0 Å². The summed E-state index contributed by atoms with van der Waals surface area (Å²) in [5.74, 6) is -1.04. The number of nitrogens with one attached hydrogen (secondary N) is 2. The van der Waals surface area contributed by atoms with E-state index in [0.29, 0.717) is 18.5 Å². The Balaban J connectivity index is 2.84. The van der Waals surface area contributed by atoms with Crippen LogP contribution >= 0.6 is 15.9 Å². The fourth-order valence-electron chi connectivity index (χ4n) is 2.15. The molecule has 21 heavy (non-hydrogen) atoms. The van der Waals surface area contributed by atoms with E-state index in [-0.39, 0.29) is 0 Å². The molecule has 6 heteroatoms. The number of carbonyl (C=O) groups excluding carboxylic acids is 1. The van der Waals surface area contributed by atoms with Crippen LogP contribution in [-0.4, -0.2) is 22.6 Å². The predicted octanol–water partition coefficient (Wildman–Crippen LogP) is 3.83. The van der Waals surface area contributed by atoms with Crippen molar-refractivity contribution in [1.29, 1.82) is 0 Å². The van der Waals surface area contributed by atoms with E-state index < -0.39 is 17.5 Å². The lowest BCUT2D eigenvalue weighted by Gasteiger charge is -2.26. The van der Waals surface area contributed by atoms with Gasteiger partial charge in [0.1, 0.15) is 5.54 Å². The lowest BCUT2D eigenvalue weighted by Crippen LogP contribution is -2.53. The van der Waals surface area contributed by atoms with Gasteiger partial charge < -0.3 is 15.7 Å². The second-order valence-electron chi connectivity index (χ2n) is 5.39. The fraction of sp³-hybridized carbons (Fsp3) is 0.467. The molecule has 0 saturated heterocycles. The summed E-state index contributed by atoms with van der Waals surface area (Å²) in [5.41, 5.74) is 1.37. The standard InChI is InChI=1S/C15H21BrN2O3/c1-5-6-15(4,13(19)20)18-14(21)17-11-7-9(2)12(16)10(3)8-11/h7-8H,5-6H2,1-4H3,(H,19,20)(H2,17,18,21). The number of aryl methyl sites for hydroxylation is 2. The Morgan fingerprint density at radius 1 is 1.29 bits per heavy atom. The van der Waals surface area contributed by atoms with Gasteiger partial charge in [0, 0.05) is 10.2 Å². The van der Waals surface area contributed by atoms with Crippen molar-refractivity contribution < 1.29 is 14.7 Å². The normalized spacial score (nSPS) is 13.4. The quantitative estimate of drug-likeness (QED) is 0.749. The van der Waals surface area contributed by atoms with Crippen LogP contribution in [0.5, 0.6) is 0 Å². The van der Waals surface area contributed by atoms with Gasteiger partial charge in [0.2, 0.25) is 0 Å². The smallest absolute Gasteiger partial charge is 0.329 e. The third-order valence-electron chi connectivity index (χ3n) is 3.31. The van der Waals surface area contributed by atoms with Crippen LogP contribution < -0.4 is 10.6 Å². The molecule has 0 aliphatic rings. The summed E-state index contributed by atoms with van der Waals surface area (Å²) in [6.45, 7) is 7.25. The molecule has 5 nitrogen and oxygen atoms in total. The van der Waals surface area contributed by atoms with Gasteiger partial charge in [-0.1, -0.05) is 29.3 Å². The molecule has 1 rings (SSSR count). The van der Waals surface area contributed by atoms with Crippen LogP contribution in [-0.2, 0) is 4.79 Å². The maximum absolute atomic E-state index is 12.0. The molecule has 0 aliphatic heterocycles. The van der Waals surface area contributed by atoms with Gasteiger partial charge in [0.25, 0.3) is 0 Å². The highest BCUT2D eigenvalue weighted by atomic mass is 79.9. The topological polar surface area (TPSA) is 78.4 Å². The van der Waals surface area contributed by atoms with Crippen LogP contribution in [0.25, 0.3) is 0 Å². The van der Waals surface area contributed by atoms with Gasteiger partial charge in [-0.2, -0.15) is 0 Å². The molecule has 0 aliphatic carbocycles. The summed E-state index contributed by atoms with van der Waals surface area (Å²) in [5, 5.41) is 14.5. The average Bonchev–Trinajstić information content (AvgIpc) is 2.35. The number of urea groups is 1. The summed E-state index contributed by atoms with van der Waals surface area (Å²) in [7, 11) is 0. The molecule has 0 spiro atoms. The minimum Gasteiger partial charge on any atom is -0.480 e. The lowest BCUT2D eigenvalue weighted by molar-refractivity contribution is -0.143. The third kappa shape index (κ3) is 4.46. The molecule has 0 saturated carbocycles. The first-order valence-electron chi connectivity index (χ1n) is 6.79. The van der Waals surface area contributed by atoms with Gasteiger partial charge in [0.15, 0.2) is 0 Å². The van der Waals surface area contributed by atoms with Gasteiger partial charge in [-0.15, -0.1) is 0 Å². The van der Waals surface area contributed by atoms with E-state index in [1.807, 2.05) is 32.9 Å². The van der Waals surface area contributed by atoms with Gasteiger partial charge in [-0.3, -0.25) is 0 Å². The summed E-state index contributed by atoms with van der Waals surface area (Å²) in [6, 6.07) is 3.14. The second-order valence-corrected chi connectivity index (χ2v) is 6.18. The molecule has 116 valence electrons. The first-order valence-corrected chi connectivity index (χ1v) is 7.58. The molecule has 0 heterocycles. The number of benzene rings is 1. The minimum absolute atomic E-state index is 0.369. The SMILES string of the molecule is CCCC(C)(NC(=O)Nc1cc(C)c(Br)c(C)c1)C(=O)O. The Bertz CT molecular complexity index is 537. The Labute approximate surface area is 133 Å². The van der Waals surface area contributed by atoms with E-state index in [4.69, 9.17) is 0 Å². The summed E-state index contributed by atoms with van der Waals surface area (Å²) in [4.78, 5) is 23.3. The molecule has 1 unspecified atom stereocenters. The van der Waals surface area contributed by atoms with Crippen molar-refractivity contribution in [1.82, 2.24) is 5.32 Å². The van der Waals surface area contributed by atoms with Crippen LogP contribution in [0.1, 0.15) is 37.8 Å². The van der Waals surface area contributed by atoms with Crippen molar-refractivity contribution in [2.75, 3.05) is 5.32 Å². The van der Waals surface area contributed by atoms with Crippen LogP contribution in [0.15, 0.2) is 16.6 Å². The molecular weight excluding hydrogens is 336 g/mol. The maximum atomic E-state index is 12.0. The van der Waals surface area contributed by atoms with E-state index >= 15 is 0 Å². The predicted molar refractivity (Wildman–Crippen MR) is 86.7 cm³/mol. The number of aliphatic carboxylic acids is 1. The lowest BCUT2D eigenvalue weighted by atomic mass is 9.97. The van der Waals surface area contributed by atoms with E-state index in [9.17, 15) is 14.7 Å². The van der Waals surface area contributed by atoms with E-state index in [1.165, 1.54) is 6.92 Å². The van der Waals surface area contributed by atoms with Crippen molar-refractivity contribution in [3.05, 3.63) is 27.7 Å². The number of halogens is 1. The molecule has 0 fully saturated rings. The van der Waals surface area contributed by atoms with E-state index in [0.717, 1.165) is 15.6 Å². The minimum atomic E-state index is -1.27. The second kappa shape index (κ2) is 6.93. The Kier molecular flexibility index (Phi) is 5.78. The third-order valence-corrected chi connectivity index (χ3v) is 4.56. The number of rotatable bonds is 5. The van der Waals surface area contributed by atoms with Crippen LogP contribution in [0, 0.1) is 13.8 Å². The number of anilines is 1. The Morgan fingerprint density at radius 3 is 2.24 bits per heavy atom. The number of hydrogen-bond acceptors (Lipinski definition) is 2. The molecule has 1 aromatic carbocycles. The molecule has 0 aromatic heterocycles. The van der Waals surface area contributed by atoms with Crippen molar-refractivity contribution in [3.8, 4) is 0 Å². The maximum Gasteiger partial charge on any atom is 0.329 e. The largest absolute Gasteiger partial charge is 0.480 e. The van der Waals surface area contributed by atoms with E-state index in [1.54, 1.807) is 0 Å². The summed E-state index contributed by atoms with van der Waals surface area (Å²) >= 11 is 3.46. The molecule has 1 atom stereocenters. The highest BCUT2D eigenvalue weighted by Crippen LogP contribution is 2.25. The van der Waals surface area contributed by atoms with Crippen LogP contribution in [0.4, 0.5) is 10.5 Å². The molecule has 2 amide bonds. The van der Waals surface area contributed by atoms with Gasteiger partial charge in [0.05, 0.1) is 0 Å². The molecule has 0 radical (unpaired) electrons. The van der Waals surface area contributed by atoms with Crippen LogP contribution in [0.2, 0.25) is 0 Å². The molecular formula is C15H21BrN2O3. The monoisotopic (exact) mass is 356 g/mol. The highest BCUT2D eigenvalue weighted by Gasteiger charge is 2.33. The molecule has 1 aromatic rings. The summed E-state index contributed by atoms with van der Waals surface area (Å²) < 4.78 is 0.995. The first kappa shape index (κ1) is 17.5. The Morgan fingerprint density at radius 2 is 1.81 bits per heavy atom. The van der Waals surface area contributed by atoms with Gasteiger partial charge in [-0.25, -0.2) is 9.59 Å². The zero-order valence-corrected chi connectivity index (χ0v) is 14.3. The van der Waals surface area contributed by atoms with Gasteiger partial charge in [-0.05, 0) is 50.5 Å². The molecule has 0 bridgehead atoms. The Hall–Kier alpha value is -1.56. The number of amides is 2. The molecule has 3 N–H and O–H groups in total. The zero-order valence-electron chi connectivity index (χ0n) is 12.7. The number of carboxylic acids is 1. The number of carboxylic acid groups (broad SMARTS) is 1. The van der Waals surface area contributed by atoms with Crippen molar-refractivity contribution in [3.63, 3.8) is 0 Å². The highest BCUT2D eigenvalue weighted by molar-refractivity contribution is 9.10. The summed E-state index contributed by atoms with van der Waals surface area (Å²) in [6.07, 6.45) is 1.04. The number of carbonyl (C=O) groups is 2. The van der Waals surface area contributed by atoms with Crippen molar-refractivity contribution in [2.24, 2.45) is 0 Å². The fourth-order valence-corrected chi connectivity index (χ4v) is 2.38. The van der Waals surface area contributed by atoms with Crippen LogP contribution in [0.3, 0.4) is 0 Å².